The molecule has 12 heteroatoms. The summed E-state index contributed by atoms with van der Waals surface area (Å²) in [6.45, 7) is 6.43. The summed E-state index contributed by atoms with van der Waals surface area (Å²) in [4.78, 5) is 18.5. The van der Waals surface area contributed by atoms with E-state index in [2.05, 4.69) is 25.6 Å². The second-order valence-corrected chi connectivity index (χ2v) is 9.85. The van der Waals surface area contributed by atoms with Crippen molar-refractivity contribution < 1.29 is 18.7 Å². The highest BCUT2D eigenvalue weighted by Crippen LogP contribution is 2.35. The summed E-state index contributed by atoms with van der Waals surface area (Å²) in [6, 6.07) is 5.66. The predicted octanol–water partition coefficient (Wildman–Crippen LogP) is 3.67. The first kappa shape index (κ1) is 27.3. The molecule has 1 aliphatic rings. The molecule has 3 aromatic heterocycles. The van der Waals surface area contributed by atoms with Crippen LogP contribution in [0.3, 0.4) is 0 Å². The van der Waals surface area contributed by atoms with Gasteiger partial charge in [-0.1, -0.05) is 20.3 Å². The summed E-state index contributed by atoms with van der Waals surface area (Å²) in [5, 5.41) is 16.8. The minimum atomic E-state index is -0.714. The van der Waals surface area contributed by atoms with E-state index in [4.69, 9.17) is 15.2 Å². The van der Waals surface area contributed by atoms with Crippen molar-refractivity contribution in [2.24, 2.45) is 18.7 Å². The zero-order chi connectivity index (χ0) is 28.4. The molecule has 5 rings (SSSR count). The van der Waals surface area contributed by atoms with Gasteiger partial charge >= 0.3 is 5.97 Å². The van der Waals surface area contributed by atoms with Crippen LogP contribution in [0.4, 0.5) is 10.2 Å². The first-order valence-corrected chi connectivity index (χ1v) is 13.3. The molecule has 2 bridgehead atoms. The molecular weight excluding hydrogens is 515 g/mol. The van der Waals surface area contributed by atoms with Crippen molar-refractivity contribution in [3.63, 3.8) is 0 Å². The molecule has 0 radical (unpaired) electrons. The molecule has 0 saturated heterocycles. The van der Waals surface area contributed by atoms with Crippen molar-refractivity contribution in [3.8, 4) is 28.3 Å². The SMILES string of the molecule is CCC(C)C(N)C(=O)OCNc1ncc2cc1OCc1cc(F)ccc1-c1nn(C)nc1Cc1cnn(CC)c1-2. The number of nitrogens with one attached hydrogen (secondary N) is 1. The van der Waals surface area contributed by atoms with E-state index in [1.54, 1.807) is 19.3 Å². The summed E-state index contributed by atoms with van der Waals surface area (Å²) < 4.78 is 27.9. The molecule has 0 saturated carbocycles. The Hall–Kier alpha value is -4.32. The van der Waals surface area contributed by atoms with Gasteiger partial charge in [-0.05, 0) is 37.1 Å². The number of benzene rings is 1. The van der Waals surface area contributed by atoms with Crippen molar-refractivity contribution in [1.82, 2.24) is 29.8 Å². The van der Waals surface area contributed by atoms with E-state index in [0.29, 0.717) is 35.8 Å². The zero-order valence-corrected chi connectivity index (χ0v) is 23.0. The molecule has 3 N–H and O–H groups in total. The van der Waals surface area contributed by atoms with Gasteiger partial charge in [0.05, 0.1) is 17.6 Å². The molecule has 2 unspecified atom stereocenters. The molecule has 2 atom stereocenters. The van der Waals surface area contributed by atoms with Gasteiger partial charge in [-0.15, -0.1) is 0 Å². The van der Waals surface area contributed by atoms with Crippen LogP contribution in [-0.4, -0.2) is 48.5 Å². The van der Waals surface area contributed by atoms with Crippen LogP contribution in [-0.2, 0) is 36.2 Å². The van der Waals surface area contributed by atoms with Gasteiger partial charge in [0.2, 0.25) is 0 Å². The second-order valence-electron chi connectivity index (χ2n) is 9.85. The fourth-order valence-electron chi connectivity index (χ4n) is 4.73. The van der Waals surface area contributed by atoms with Crippen molar-refractivity contribution in [2.45, 2.75) is 52.8 Å². The van der Waals surface area contributed by atoms with Crippen molar-refractivity contribution in [1.29, 1.82) is 0 Å². The van der Waals surface area contributed by atoms with Crippen LogP contribution in [0.5, 0.6) is 5.75 Å². The van der Waals surface area contributed by atoms with Gasteiger partial charge in [0.25, 0.3) is 0 Å². The number of aryl methyl sites for hydroxylation is 2. The summed E-state index contributed by atoms with van der Waals surface area (Å²) in [6.07, 6.45) is 4.77. The lowest BCUT2D eigenvalue weighted by molar-refractivity contribution is -0.145. The summed E-state index contributed by atoms with van der Waals surface area (Å²) in [5.74, 6) is -0.113. The third kappa shape index (κ3) is 5.39. The highest BCUT2D eigenvalue weighted by molar-refractivity contribution is 5.76. The fourth-order valence-corrected chi connectivity index (χ4v) is 4.73. The third-order valence-electron chi connectivity index (χ3n) is 7.17. The lowest BCUT2D eigenvalue weighted by Crippen LogP contribution is -2.38. The Bertz CT molecular complexity index is 1530. The van der Waals surface area contributed by atoms with E-state index in [9.17, 15) is 9.18 Å². The number of halogens is 1. The predicted molar refractivity (Wildman–Crippen MR) is 147 cm³/mol. The highest BCUT2D eigenvalue weighted by Gasteiger charge is 2.24. The van der Waals surface area contributed by atoms with E-state index in [1.165, 1.54) is 16.9 Å². The molecule has 40 heavy (non-hydrogen) atoms. The molecule has 0 spiro atoms. The number of nitrogens with two attached hydrogens (primary N) is 1. The maximum atomic E-state index is 14.4. The minimum Gasteiger partial charge on any atom is -0.485 e. The number of nitrogens with zero attached hydrogens (tertiary/aromatic N) is 6. The van der Waals surface area contributed by atoms with Gasteiger partial charge in [-0.25, -0.2) is 9.37 Å². The lowest BCUT2D eigenvalue weighted by Gasteiger charge is -2.19. The molecule has 1 aromatic carbocycles. The average molecular weight is 549 g/mol. The number of hydrogen-bond donors (Lipinski definition) is 2. The Labute approximate surface area is 231 Å². The largest absolute Gasteiger partial charge is 0.485 e. The van der Waals surface area contributed by atoms with Gasteiger partial charge in [0, 0.05) is 48.5 Å². The Balaban J connectivity index is 1.54. The Morgan fingerprint density at radius 2 is 2.05 bits per heavy atom. The van der Waals surface area contributed by atoms with Crippen molar-refractivity contribution in [2.75, 3.05) is 12.0 Å². The maximum absolute atomic E-state index is 14.4. The van der Waals surface area contributed by atoms with E-state index in [-0.39, 0.29) is 25.1 Å². The van der Waals surface area contributed by atoms with Crippen LogP contribution in [0.1, 0.15) is 44.0 Å². The monoisotopic (exact) mass is 548 g/mol. The minimum absolute atomic E-state index is 0.00439. The second kappa shape index (κ2) is 11.4. The summed E-state index contributed by atoms with van der Waals surface area (Å²) >= 11 is 0. The normalized spacial score (nSPS) is 13.9. The van der Waals surface area contributed by atoms with Crippen LogP contribution in [0.15, 0.2) is 36.7 Å². The van der Waals surface area contributed by atoms with Gasteiger partial charge in [0.15, 0.2) is 18.3 Å². The smallest absolute Gasteiger partial charge is 0.324 e. The zero-order valence-electron chi connectivity index (χ0n) is 23.0. The molecule has 0 aliphatic carbocycles. The lowest BCUT2D eigenvalue weighted by atomic mass is 9.99. The number of fused-ring (bicyclic) bond motifs is 7. The summed E-state index contributed by atoms with van der Waals surface area (Å²) in [7, 11) is 1.76. The van der Waals surface area contributed by atoms with Crippen molar-refractivity contribution in [3.05, 3.63) is 59.3 Å². The summed E-state index contributed by atoms with van der Waals surface area (Å²) in [5.41, 5.74) is 11.3. The molecule has 11 nitrogen and oxygen atoms in total. The van der Waals surface area contributed by atoms with Gasteiger partial charge in [-0.3, -0.25) is 9.48 Å². The van der Waals surface area contributed by atoms with Crippen molar-refractivity contribution >= 4 is 11.8 Å². The number of carbonyl (C=O) groups is 1. The first-order chi connectivity index (χ1) is 19.3. The number of aromatic nitrogens is 6. The van der Waals surface area contributed by atoms with Crippen LogP contribution < -0.4 is 15.8 Å². The van der Waals surface area contributed by atoms with E-state index < -0.39 is 12.0 Å². The van der Waals surface area contributed by atoms with Gasteiger partial charge in [0.1, 0.15) is 24.2 Å². The molecule has 0 amide bonds. The van der Waals surface area contributed by atoms with Gasteiger partial charge in [-0.2, -0.15) is 20.1 Å². The Morgan fingerprint density at radius 3 is 2.83 bits per heavy atom. The number of anilines is 1. The molecule has 210 valence electrons. The number of pyridine rings is 1. The molecule has 0 fully saturated rings. The Kier molecular flexibility index (Phi) is 7.78. The van der Waals surface area contributed by atoms with Crippen LogP contribution in [0, 0.1) is 11.7 Å². The maximum Gasteiger partial charge on any atom is 0.324 e. The van der Waals surface area contributed by atoms with Gasteiger partial charge < -0.3 is 20.5 Å². The standard InChI is InChI=1S/C28H33FN8O3/c1-5-16(3)24(30)28(38)40-15-32-27-23-11-18(12-31-27)26-17(13-33-37(26)6-2)10-22-25(35-36(4)34-22)21-8-7-20(29)9-19(21)14-39-23/h7-9,11-13,16,24H,5-6,10,14-15,30H2,1-4H3,(H,31,32). The molecule has 4 heterocycles. The average Bonchev–Trinajstić information content (AvgIpc) is 3.53. The highest BCUT2D eigenvalue weighted by atomic mass is 19.1. The number of carbonyl (C=O) groups excluding carboxylic acids is 1. The van der Waals surface area contributed by atoms with E-state index in [0.717, 1.165) is 34.5 Å². The molecule has 4 aromatic rings. The van der Waals surface area contributed by atoms with Crippen LogP contribution in [0.25, 0.3) is 22.5 Å². The Morgan fingerprint density at radius 1 is 1.23 bits per heavy atom. The molecule has 1 aliphatic heterocycles. The topological polar surface area (TPSA) is 135 Å². The van der Waals surface area contributed by atoms with Crippen LogP contribution >= 0.6 is 0 Å². The van der Waals surface area contributed by atoms with E-state index in [1.807, 2.05) is 37.7 Å². The third-order valence-corrected chi connectivity index (χ3v) is 7.17. The van der Waals surface area contributed by atoms with E-state index >= 15 is 0 Å². The first-order valence-electron chi connectivity index (χ1n) is 13.3. The molecular formula is C28H33FN8O3. The van der Waals surface area contributed by atoms with Crippen LogP contribution in [0.2, 0.25) is 0 Å². The number of hydrogen-bond acceptors (Lipinski definition) is 9. The number of esters is 1. The number of rotatable bonds is 7. The number of ether oxygens (including phenoxy) is 2. The quantitative estimate of drug-likeness (QED) is 0.262. The fraction of sp³-hybridized carbons (Fsp3) is 0.393.